The van der Waals surface area contributed by atoms with Gasteiger partial charge in [-0.2, -0.15) is 0 Å². The molecule has 2 heterocycles. The summed E-state index contributed by atoms with van der Waals surface area (Å²) in [5.41, 5.74) is 6.78. The summed E-state index contributed by atoms with van der Waals surface area (Å²) in [5, 5.41) is 12.3. The number of halogens is 2. The van der Waals surface area contributed by atoms with Gasteiger partial charge in [0, 0.05) is 31.4 Å². The molecule has 9 heteroatoms. The highest BCUT2D eigenvalue weighted by atomic mass is 19.1. The Bertz CT molecular complexity index is 1030. The van der Waals surface area contributed by atoms with Gasteiger partial charge in [-0.3, -0.25) is 4.90 Å². The van der Waals surface area contributed by atoms with Crippen LogP contribution in [0, 0.1) is 11.6 Å². The summed E-state index contributed by atoms with van der Waals surface area (Å²) >= 11 is 0. The van der Waals surface area contributed by atoms with Crippen LogP contribution in [-0.4, -0.2) is 52.3 Å². The minimum atomic E-state index is -0.553. The van der Waals surface area contributed by atoms with Crippen molar-refractivity contribution in [2.24, 2.45) is 0 Å². The van der Waals surface area contributed by atoms with Gasteiger partial charge in [-0.1, -0.05) is 0 Å². The molecule has 7 nitrogen and oxygen atoms in total. The van der Waals surface area contributed by atoms with Crippen LogP contribution in [-0.2, 0) is 0 Å². The predicted octanol–water partition coefficient (Wildman–Crippen LogP) is 2.68. The van der Waals surface area contributed by atoms with E-state index in [-0.39, 0.29) is 29.6 Å². The van der Waals surface area contributed by atoms with Crippen molar-refractivity contribution in [3.05, 3.63) is 48.3 Å². The fraction of sp³-hybridized carbons (Fsp3) is 0.300. The number of nitrogens with one attached hydrogen (secondary N) is 1. The van der Waals surface area contributed by atoms with Crippen molar-refractivity contribution in [3.8, 4) is 5.75 Å². The second-order valence-corrected chi connectivity index (χ2v) is 6.94. The Kier molecular flexibility index (Phi) is 5.41. The molecule has 0 unspecified atom stereocenters. The van der Waals surface area contributed by atoms with E-state index < -0.39 is 11.6 Å². The van der Waals surface area contributed by atoms with Crippen molar-refractivity contribution in [2.45, 2.75) is 12.5 Å². The Balaban J connectivity index is 1.63. The van der Waals surface area contributed by atoms with Gasteiger partial charge in [-0.25, -0.2) is 18.7 Å². The molecule has 0 aliphatic carbocycles. The molecule has 2 aromatic carbocycles. The van der Waals surface area contributed by atoms with Gasteiger partial charge in [-0.15, -0.1) is 0 Å². The molecular formula is C20H21F2N5O2. The molecule has 4 N–H and O–H groups in total. The van der Waals surface area contributed by atoms with Gasteiger partial charge < -0.3 is 20.9 Å². The molecule has 1 fully saturated rings. The van der Waals surface area contributed by atoms with Crippen LogP contribution in [0.5, 0.6) is 5.75 Å². The molecule has 3 aromatic rings. The number of aliphatic hydroxyl groups is 1. The van der Waals surface area contributed by atoms with Crippen LogP contribution >= 0.6 is 0 Å². The van der Waals surface area contributed by atoms with Gasteiger partial charge in [0.05, 0.1) is 23.2 Å². The Morgan fingerprint density at radius 1 is 1.24 bits per heavy atom. The summed E-state index contributed by atoms with van der Waals surface area (Å²) in [6.45, 7) is 2.09. The Hall–Kier alpha value is -3.04. The molecule has 0 spiro atoms. The first-order valence-corrected chi connectivity index (χ1v) is 9.29. The Labute approximate surface area is 166 Å². The SMILES string of the molecule is Nc1cc(F)c2c(Nc3ccc(F)cc3O[C@@H]3CCN(CCO)C3)ncnc2c1. The van der Waals surface area contributed by atoms with Gasteiger partial charge in [0.15, 0.2) is 0 Å². The third kappa shape index (κ3) is 4.20. The molecule has 0 radical (unpaired) electrons. The highest BCUT2D eigenvalue weighted by Crippen LogP contribution is 2.33. The first kappa shape index (κ1) is 19.3. The van der Waals surface area contributed by atoms with Gasteiger partial charge in [-0.05, 0) is 30.7 Å². The van der Waals surface area contributed by atoms with Crippen LogP contribution in [0.25, 0.3) is 10.9 Å². The fourth-order valence-electron chi connectivity index (χ4n) is 3.50. The third-order valence-corrected chi connectivity index (χ3v) is 4.85. The summed E-state index contributed by atoms with van der Waals surface area (Å²) in [6, 6.07) is 6.86. The molecule has 1 aliphatic heterocycles. The Morgan fingerprint density at radius 2 is 2.10 bits per heavy atom. The maximum Gasteiger partial charge on any atom is 0.146 e. The van der Waals surface area contributed by atoms with E-state index in [4.69, 9.17) is 15.6 Å². The number of nitrogens with zero attached hydrogens (tertiary/aromatic N) is 3. The molecule has 0 saturated carbocycles. The number of hydrogen-bond acceptors (Lipinski definition) is 7. The van der Waals surface area contributed by atoms with Crippen LogP contribution in [0.2, 0.25) is 0 Å². The fourth-order valence-corrected chi connectivity index (χ4v) is 3.50. The number of hydrogen-bond donors (Lipinski definition) is 3. The zero-order chi connectivity index (χ0) is 20.4. The summed E-state index contributed by atoms with van der Waals surface area (Å²) < 4.78 is 34.4. The zero-order valence-electron chi connectivity index (χ0n) is 15.6. The molecule has 1 aromatic heterocycles. The molecule has 0 amide bonds. The van der Waals surface area contributed by atoms with Gasteiger partial charge in [0.25, 0.3) is 0 Å². The average molecular weight is 401 g/mol. The molecule has 29 heavy (non-hydrogen) atoms. The van der Waals surface area contributed by atoms with Crippen molar-refractivity contribution >= 4 is 28.1 Å². The first-order valence-electron chi connectivity index (χ1n) is 9.29. The van der Waals surface area contributed by atoms with Crippen molar-refractivity contribution in [2.75, 3.05) is 37.3 Å². The number of β-amino-alcohol motifs (C(OH)–C–C–N with tert-alkyl or cyclic N) is 1. The van der Waals surface area contributed by atoms with E-state index in [0.29, 0.717) is 30.0 Å². The van der Waals surface area contributed by atoms with Crippen LogP contribution in [0.4, 0.5) is 26.0 Å². The standard InChI is InChI=1S/C20H21F2N5O2/c21-12-1-2-16(18(7-12)29-14-3-4-27(10-14)5-6-28)26-20-19-15(22)8-13(23)9-17(19)24-11-25-20/h1-2,7-9,11,14,28H,3-6,10,23H2,(H,24,25,26)/t14-/m1/s1. The largest absolute Gasteiger partial charge is 0.487 e. The van der Waals surface area contributed by atoms with Crippen molar-refractivity contribution in [1.82, 2.24) is 14.9 Å². The molecular weight excluding hydrogens is 380 g/mol. The van der Waals surface area contributed by atoms with E-state index in [1.807, 2.05) is 0 Å². The number of aliphatic hydroxyl groups excluding tert-OH is 1. The molecule has 4 rings (SSSR count). The molecule has 0 bridgehead atoms. The lowest BCUT2D eigenvalue weighted by Gasteiger charge is -2.19. The van der Waals surface area contributed by atoms with Crippen molar-refractivity contribution in [3.63, 3.8) is 0 Å². The van der Waals surface area contributed by atoms with E-state index >= 15 is 0 Å². The summed E-state index contributed by atoms with van der Waals surface area (Å²) in [7, 11) is 0. The van der Waals surface area contributed by atoms with Gasteiger partial charge in [0.2, 0.25) is 0 Å². The first-order chi connectivity index (χ1) is 14.0. The highest BCUT2D eigenvalue weighted by Gasteiger charge is 2.24. The quantitative estimate of drug-likeness (QED) is 0.547. The van der Waals surface area contributed by atoms with E-state index in [0.717, 1.165) is 13.0 Å². The van der Waals surface area contributed by atoms with Crippen LogP contribution in [0.1, 0.15) is 6.42 Å². The van der Waals surface area contributed by atoms with Crippen LogP contribution in [0.15, 0.2) is 36.7 Å². The van der Waals surface area contributed by atoms with Crippen LogP contribution in [0.3, 0.4) is 0 Å². The number of fused-ring (bicyclic) bond motifs is 1. The lowest BCUT2D eigenvalue weighted by Crippen LogP contribution is -2.27. The predicted molar refractivity (Wildman–Crippen MR) is 106 cm³/mol. The minimum absolute atomic E-state index is 0.0797. The zero-order valence-corrected chi connectivity index (χ0v) is 15.6. The number of benzene rings is 2. The number of anilines is 3. The number of rotatable bonds is 6. The average Bonchev–Trinajstić information content (AvgIpc) is 3.11. The molecule has 1 aliphatic rings. The monoisotopic (exact) mass is 401 g/mol. The summed E-state index contributed by atoms with van der Waals surface area (Å²) in [4.78, 5) is 10.3. The van der Waals surface area contributed by atoms with E-state index in [2.05, 4.69) is 20.2 Å². The smallest absolute Gasteiger partial charge is 0.146 e. The number of ether oxygens (including phenoxy) is 1. The van der Waals surface area contributed by atoms with E-state index in [9.17, 15) is 8.78 Å². The lowest BCUT2D eigenvalue weighted by atomic mass is 10.2. The van der Waals surface area contributed by atoms with Crippen molar-refractivity contribution in [1.29, 1.82) is 0 Å². The maximum atomic E-state index is 14.5. The Morgan fingerprint density at radius 3 is 2.93 bits per heavy atom. The number of likely N-dealkylation sites (tertiary alicyclic amines) is 1. The number of nitrogen functional groups attached to an aromatic ring is 1. The topological polar surface area (TPSA) is 96.5 Å². The van der Waals surface area contributed by atoms with Gasteiger partial charge in [0.1, 0.15) is 35.6 Å². The van der Waals surface area contributed by atoms with E-state index in [1.54, 1.807) is 6.07 Å². The second-order valence-electron chi connectivity index (χ2n) is 6.94. The third-order valence-electron chi connectivity index (χ3n) is 4.85. The van der Waals surface area contributed by atoms with E-state index in [1.165, 1.54) is 30.6 Å². The minimum Gasteiger partial charge on any atom is -0.487 e. The normalized spacial score (nSPS) is 17.0. The lowest BCUT2D eigenvalue weighted by molar-refractivity contribution is 0.181. The highest BCUT2D eigenvalue weighted by molar-refractivity contribution is 5.93. The summed E-state index contributed by atoms with van der Waals surface area (Å²) in [6.07, 6.45) is 1.93. The maximum absolute atomic E-state index is 14.5. The summed E-state index contributed by atoms with van der Waals surface area (Å²) in [5.74, 6) is -0.453. The number of aromatic nitrogens is 2. The van der Waals surface area contributed by atoms with Gasteiger partial charge >= 0.3 is 0 Å². The molecule has 1 atom stereocenters. The molecule has 1 saturated heterocycles. The number of nitrogens with two attached hydrogens (primary N) is 1. The van der Waals surface area contributed by atoms with Crippen molar-refractivity contribution < 1.29 is 18.6 Å². The molecule has 152 valence electrons. The van der Waals surface area contributed by atoms with Crippen LogP contribution < -0.4 is 15.8 Å². The second kappa shape index (κ2) is 8.14.